The van der Waals surface area contributed by atoms with Gasteiger partial charge in [0.25, 0.3) is 5.91 Å². The highest BCUT2D eigenvalue weighted by molar-refractivity contribution is 6.33. The molecule has 7 heteroatoms. The van der Waals surface area contributed by atoms with Crippen molar-refractivity contribution < 1.29 is 14.7 Å². The second kappa shape index (κ2) is 4.72. The maximum Gasteiger partial charge on any atom is 0.332 e. The van der Waals surface area contributed by atoms with Gasteiger partial charge in [-0.15, -0.1) is 0 Å². The Morgan fingerprint density at radius 3 is 2.76 bits per heavy atom. The lowest BCUT2D eigenvalue weighted by molar-refractivity contribution is -0.121. The van der Waals surface area contributed by atoms with E-state index in [1.165, 1.54) is 17.0 Å². The number of aliphatic hydroxyl groups excluding tert-OH is 1. The molecule has 0 spiro atoms. The van der Waals surface area contributed by atoms with E-state index in [9.17, 15) is 14.7 Å². The number of fused-ring (bicyclic) bond motifs is 1. The summed E-state index contributed by atoms with van der Waals surface area (Å²) in [6.45, 7) is 2.01. The van der Waals surface area contributed by atoms with Gasteiger partial charge in [-0.2, -0.15) is 5.26 Å². The Morgan fingerprint density at radius 1 is 1.43 bits per heavy atom. The number of imide groups is 1. The van der Waals surface area contributed by atoms with E-state index in [2.05, 4.69) is 0 Å². The number of nitrogens with zero attached hydrogens (tertiary/aromatic N) is 3. The Hall–Kier alpha value is -2.10. The third-order valence-corrected chi connectivity index (χ3v) is 4.48. The minimum atomic E-state index is -0.833. The molecule has 0 aliphatic carbocycles. The lowest BCUT2D eigenvalue weighted by Gasteiger charge is -2.18. The fourth-order valence-corrected chi connectivity index (χ4v) is 3.07. The highest BCUT2D eigenvalue weighted by atomic mass is 35.5. The Labute approximate surface area is 126 Å². The average molecular weight is 306 g/mol. The Bertz CT molecular complexity index is 697. The zero-order chi connectivity index (χ0) is 15.3. The van der Waals surface area contributed by atoms with Gasteiger partial charge in [0.1, 0.15) is 12.1 Å². The van der Waals surface area contributed by atoms with E-state index in [0.29, 0.717) is 24.2 Å². The molecule has 0 bridgehead atoms. The van der Waals surface area contributed by atoms with Crippen LogP contribution in [-0.2, 0) is 4.79 Å². The number of halogens is 1. The molecule has 1 aromatic carbocycles. The van der Waals surface area contributed by atoms with E-state index in [1.54, 1.807) is 6.92 Å². The fraction of sp³-hybridized carbons (Fsp3) is 0.357. The smallest absolute Gasteiger partial charge is 0.332 e. The van der Waals surface area contributed by atoms with Gasteiger partial charge in [0, 0.05) is 6.54 Å². The first kappa shape index (κ1) is 13.9. The number of aliphatic hydroxyl groups is 1. The lowest BCUT2D eigenvalue weighted by atomic mass is 10.1. The van der Waals surface area contributed by atoms with Gasteiger partial charge in [-0.25, -0.2) is 9.69 Å². The molecule has 6 nitrogen and oxygen atoms in total. The van der Waals surface area contributed by atoms with Gasteiger partial charge in [0.2, 0.25) is 0 Å². The largest absolute Gasteiger partial charge is 0.390 e. The number of urea groups is 1. The van der Waals surface area contributed by atoms with E-state index in [1.807, 2.05) is 6.07 Å². The summed E-state index contributed by atoms with van der Waals surface area (Å²) in [7, 11) is 0. The van der Waals surface area contributed by atoms with E-state index < -0.39 is 24.1 Å². The summed E-state index contributed by atoms with van der Waals surface area (Å²) in [5, 5.41) is 19.0. The molecule has 108 valence electrons. The summed E-state index contributed by atoms with van der Waals surface area (Å²) in [6, 6.07) is 3.69. The number of hydrogen-bond acceptors (Lipinski definition) is 4. The zero-order valence-electron chi connectivity index (χ0n) is 11.2. The third-order valence-electron chi connectivity index (χ3n) is 4.00. The average Bonchev–Trinajstić information content (AvgIpc) is 2.95. The number of rotatable bonds is 1. The van der Waals surface area contributed by atoms with E-state index in [0.717, 1.165) is 4.90 Å². The molecule has 3 rings (SSSR count). The predicted octanol–water partition coefficient (Wildman–Crippen LogP) is 1.42. The Morgan fingerprint density at radius 2 is 2.14 bits per heavy atom. The second-order valence-corrected chi connectivity index (χ2v) is 5.51. The summed E-state index contributed by atoms with van der Waals surface area (Å²) >= 11 is 6.09. The van der Waals surface area contributed by atoms with Gasteiger partial charge >= 0.3 is 6.03 Å². The van der Waals surface area contributed by atoms with Gasteiger partial charge < -0.3 is 10.0 Å². The molecule has 0 unspecified atom stereocenters. The summed E-state index contributed by atoms with van der Waals surface area (Å²) < 4.78 is 0. The SMILES string of the molecule is Cc1c(N2C(=O)[C@@H]3[C@H](O)CCN3C2=O)ccc(C#N)c1Cl. The molecule has 2 fully saturated rings. The maximum absolute atomic E-state index is 12.4. The number of anilines is 1. The van der Waals surface area contributed by atoms with Crippen LogP contribution in [0.1, 0.15) is 17.5 Å². The van der Waals surface area contributed by atoms with Crippen molar-refractivity contribution in [2.24, 2.45) is 0 Å². The van der Waals surface area contributed by atoms with Crippen LogP contribution >= 0.6 is 11.6 Å². The first-order valence-electron chi connectivity index (χ1n) is 6.49. The summed E-state index contributed by atoms with van der Waals surface area (Å²) in [5.41, 5.74) is 1.14. The zero-order valence-corrected chi connectivity index (χ0v) is 12.0. The first-order chi connectivity index (χ1) is 9.97. The quantitative estimate of drug-likeness (QED) is 0.795. The minimum absolute atomic E-state index is 0.225. The van der Waals surface area contributed by atoms with Crippen molar-refractivity contribution in [2.75, 3.05) is 11.4 Å². The molecule has 0 radical (unpaired) electrons. The maximum atomic E-state index is 12.4. The van der Waals surface area contributed by atoms with E-state index >= 15 is 0 Å². The van der Waals surface area contributed by atoms with Gasteiger partial charge in [-0.3, -0.25) is 4.79 Å². The molecule has 2 heterocycles. The van der Waals surface area contributed by atoms with Crippen LogP contribution in [0, 0.1) is 18.3 Å². The van der Waals surface area contributed by atoms with Gasteiger partial charge in [0.05, 0.1) is 22.4 Å². The molecule has 1 aromatic rings. The van der Waals surface area contributed by atoms with Gasteiger partial charge in [0.15, 0.2) is 0 Å². The molecule has 2 saturated heterocycles. The molecular formula is C14H12ClN3O3. The normalized spacial score (nSPS) is 24.5. The van der Waals surface area contributed by atoms with Gasteiger partial charge in [-0.05, 0) is 31.0 Å². The number of nitriles is 1. The van der Waals surface area contributed by atoms with Crippen molar-refractivity contribution in [3.05, 3.63) is 28.3 Å². The standard InChI is InChI=1S/C14H12ClN3O3/c1-7-9(3-2-8(6-16)11(7)15)18-13(20)12-10(19)4-5-17(12)14(18)21/h2-3,10,12,19H,4-5H2,1H3/t10-,12+/m1/s1. The highest BCUT2D eigenvalue weighted by Gasteiger charge is 2.52. The third kappa shape index (κ3) is 1.82. The minimum Gasteiger partial charge on any atom is -0.390 e. The van der Waals surface area contributed by atoms with Gasteiger partial charge in [-0.1, -0.05) is 11.6 Å². The van der Waals surface area contributed by atoms with E-state index in [-0.39, 0.29) is 10.6 Å². The molecule has 0 saturated carbocycles. The molecule has 2 atom stereocenters. The van der Waals surface area contributed by atoms with Crippen LogP contribution in [0.25, 0.3) is 0 Å². The topological polar surface area (TPSA) is 84.6 Å². The van der Waals surface area contributed by atoms with Crippen molar-refractivity contribution in [1.29, 1.82) is 5.26 Å². The second-order valence-electron chi connectivity index (χ2n) is 5.13. The number of carbonyl (C=O) groups excluding carboxylic acids is 2. The monoisotopic (exact) mass is 305 g/mol. The highest BCUT2D eigenvalue weighted by Crippen LogP contribution is 2.36. The van der Waals surface area contributed by atoms with Crippen molar-refractivity contribution in [1.82, 2.24) is 4.90 Å². The summed E-state index contributed by atoms with van der Waals surface area (Å²) in [4.78, 5) is 27.2. The van der Waals surface area contributed by atoms with Crippen LogP contribution in [0.3, 0.4) is 0 Å². The number of carbonyl (C=O) groups is 2. The van der Waals surface area contributed by atoms with Crippen molar-refractivity contribution in [2.45, 2.75) is 25.5 Å². The molecule has 0 aromatic heterocycles. The van der Waals surface area contributed by atoms with Crippen molar-refractivity contribution >= 4 is 29.2 Å². The predicted molar refractivity (Wildman–Crippen MR) is 74.9 cm³/mol. The molecular weight excluding hydrogens is 294 g/mol. The fourth-order valence-electron chi connectivity index (χ4n) is 2.87. The van der Waals surface area contributed by atoms with Crippen LogP contribution in [0.4, 0.5) is 10.5 Å². The van der Waals surface area contributed by atoms with Crippen LogP contribution in [0.5, 0.6) is 0 Å². The van der Waals surface area contributed by atoms with Crippen LogP contribution in [0.2, 0.25) is 5.02 Å². The summed E-state index contributed by atoms with van der Waals surface area (Å²) in [5.74, 6) is -0.450. The van der Waals surface area contributed by atoms with Crippen LogP contribution < -0.4 is 4.90 Å². The molecule has 3 amide bonds. The Kier molecular flexibility index (Phi) is 3.12. The van der Waals surface area contributed by atoms with E-state index in [4.69, 9.17) is 16.9 Å². The molecule has 2 aliphatic heterocycles. The number of benzene rings is 1. The molecule has 2 aliphatic rings. The van der Waals surface area contributed by atoms with Crippen molar-refractivity contribution in [3.8, 4) is 6.07 Å². The lowest BCUT2D eigenvalue weighted by Crippen LogP contribution is -2.36. The number of amides is 3. The Balaban J connectivity index is 2.07. The van der Waals surface area contributed by atoms with Crippen LogP contribution in [0.15, 0.2) is 12.1 Å². The van der Waals surface area contributed by atoms with Crippen LogP contribution in [-0.4, -0.2) is 40.6 Å². The first-order valence-corrected chi connectivity index (χ1v) is 6.87. The van der Waals surface area contributed by atoms with Crippen molar-refractivity contribution in [3.63, 3.8) is 0 Å². The number of hydrogen-bond donors (Lipinski definition) is 1. The molecule has 21 heavy (non-hydrogen) atoms. The summed E-state index contributed by atoms with van der Waals surface area (Å²) in [6.07, 6.45) is -0.427. The molecule has 1 N–H and O–H groups in total.